The normalized spacial score (nSPS) is 17.8. The van der Waals surface area contributed by atoms with Gasteiger partial charge >= 0.3 is 6.03 Å². The smallest absolute Gasteiger partial charge is 0.325 e. The summed E-state index contributed by atoms with van der Waals surface area (Å²) in [6.07, 6.45) is 0. The molecule has 4 aromatic carbocycles. The Labute approximate surface area is 196 Å². The van der Waals surface area contributed by atoms with Gasteiger partial charge in [-0.25, -0.2) is 4.79 Å². The zero-order chi connectivity index (χ0) is 23.9. The van der Waals surface area contributed by atoms with E-state index in [1.54, 1.807) is 26.2 Å². The number of imide groups is 1. The highest BCUT2D eigenvalue weighted by atomic mass is 16.5. The number of benzene rings is 4. The van der Waals surface area contributed by atoms with E-state index in [-0.39, 0.29) is 6.54 Å². The highest BCUT2D eigenvalue weighted by Crippen LogP contribution is 2.32. The van der Waals surface area contributed by atoms with Gasteiger partial charge in [0.2, 0.25) is 5.91 Å². The summed E-state index contributed by atoms with van der Waals surface area (Å²) >= 11 is 0. The van der Waals surface area contributed by atoms with Crippen LogP contribution >= 0.6 is 0 Å². The van der Waals surface area contributed by atoms with Crippen LogP contribution in [0.5, 0.6) is 5.75 Å². The van der Waals surface area contributed by atoms with Crippen LogP contribution in [0.25, 0.3) is 21.5 Å². The van der Waals surface area contributed by atoms with E-state index in [9.17, 15) is 14.4 Å². The number of carbonyl (C=O) groups excluding carboxylic acids is 3. The molecule has 1 aliphatic rings. The average Bonchev–Trinajstić information content (AvgIpc) is 3.07. The lowest BCUT2D eigenvalue weighted by atomic mass is 9.90. The van der Waals surface area contributed by atoms with Gasteiger partial charge in [-0.15, -0.1) is 0 Å². The molecule has 2 N–H and O–H groups in total. The van der Waals surface area contributed by atoms with Crippen LogP contribution in [0, 0.1) is 0 Å². The van der Waals surface area contributed by atoms with Crippen molar-refractivity contribution in [3.8, 4) is 5.75 Å². The molecule has 0 saturated carbocycles. The quantitative estimate of drug-likeness (QED) is 0.438. The van der Waals surface area contributed by atoms with Crippen LogP contribution in [-0.2, 0) is 15.1 Å². The predicted molar refractivity (Wildman–Crippen MR) is 131 cm³/mol. The summed E-state index contributed by atoms with van der Waals surface area (Å²) in [7, 11) is 1.61. The van der Waals surface area contributed by atoms with E-state index >= 15 is 0 Å². The van der Waals surface area contributed by atoms with E-state index in [1.807, 2.05) is 66.7 Å². The van der Waals surface area contributed by atoms with Gasteiger partial charge in [-0.1, -0.05) is 54.6 Å². The minimum Gasteiger partial charge on any atom is -0.497 e. The van der Waals surface area contributed by atoms with E-state index in [0.29, 0.717) is 11.3 Å². The SMILES string of the molecule is COc1ccc2cc([C@@]3(C)NC(=O)N(CC(=O)Nc4cccc5ccccc45)C3=O)ccc2c1. The van der Waals surface area contributed by atoms with Crippen LogP contribution in [0.3, 0.4) is 0 Å². The zero-order valence-corrected chi connectivity index (χ0v) is 18.8. The van der Waals surface area contributed by atoms with Crippen LogP contribution in [0.4, 0.5) is 10.5 Å². The van der Waals surface area contributed by atoms with Crippen molar-refractivity contribution in [3.05, 3.63) is 84.4 Å². The van der Waals surface area contributed by atoms with Crippen LogP contribution in [0.15, 0.2) is 78.9 Å². The van der Waals surface area contributed by atoms with Gasteiger partial charge < -0.3 is 15.4 Å². The van der Waals surface area contributed by atoms with Gasteiger partial charge in [0, 0.05) is 11.1 Å². The molecular formula is C27H23N3O4. The van der Waals surface area contributed by atoms with Crippen molar-refractivity contribution in [1.82, 2.24) is 10.2 Å². The van der Waals surface area contributed by atoms with Crippen LogP contribution < -0.4 is 15.4 Å². The highest BCUT2D eigenvalue weighted by Gasteiger charge is 2.49. The maximum absolute atomic E-state index is 13.3. The summed E-state index contributed by atoms with van der Waals surface area (Å²) in [5.74, 6) is -0.187. The zero-order valence-electron chi connectivity index (χ0n) is 18.8. The van der Waals surface area contributed by atoms with Crippen LogP contribution in [-0.4, -0.2) is 36.4 Å². The average molecular weight is 453 g/mol. The molecule has 34 heavy (non-hydrogen) atoms. The summed E-state index contributed by atoms with van der Waals surface area (Å²) in [5.41, 5.74) is -0.00590. The minimum absolute atomic E-state index is 0.381. The van der Waals surface area contributed by atoms with Crippen LogP contribution in [0.1, 0.15) is 12.5 Å². The summed E-state index contributed by atoms with van der Waals surface area (Å²) < 4.78 is 5.26. The molecule has 0 radical (unpaired) electrons. The maximum atomic E-state index is 13.3. The molecule has 1 atom stereocenters. The molecule has 0 bridgehead atoms. The second-order valence-corrected chi connectivity index (χ2v) is 8.45. The first kappa shape index (κ1) is 21.5. The Hall–Kier alpha value is -4.39. The van der Waals surface area contributed by atoms with Gasteiger partial charge in [0.15, 0.2) is 0 Å². The number of nitrogens with one attached hydrogen (secondary N) is 2. The fraction of sp³-hybridized carbons (Fsp3) is 0.148. The van der Waals surface area contributed by atoms with Gasteiger partial charge in [-0.3, -0.25) is 14.5 Å². The molecule has 7 nitrogen and oxygen atoms in total. The summed E-state index contributed by atoms with van der Waals surface area (Å²) in [4.78, 5) is 39.8. The van der Waals surface area contributed by atoms with E-state index < -0.39 is 23.4 Å². The summed E-state index contributed by atoms with van der Waals surface area (Å²) in [6, 6.07) is 23.9. The highest BCUT2D eigenvalue weighted by molar-refractivity contribution is 6.11. The van der Waals surface area contributed by atoms with Gasteiger partial charge in [0.05, 0.1) is 7.11 Å². The number of hydrogen-bond acceptors (Lipinski definition) is 4. The largest absolute Gasteiger partial charge is 0.497 e. The maximum Gasteiger partial charge on any atom is 0.325 e. The standard InChI is InChI=1S/C27H23N3O4/c1-27(20-12-10-19-15-21(34-2)13-11-18(19)14-20)25(32)30(26(33)29-27)16-24(31)28-23-9-5-7-17-6-3-4-8-22(17)23/h3-15H,16H2,1-2H3,(H,28,31)(H,29,33)/t27-/m1/s1. The molecule has 4 aromatic rings. The number of urea groups is 1. The van der Waals surface area contributed by atoms with Crippen molar-refractivity contribution in [3.63, 3.8) is 0 Å². The molecule has 5 rings (SSSR count). The van der Waals surface area contributed by atoms with Gasteiger partial charge in [-0.05, 0) is 52.9 Å². The monoisotopic (exact) mass is 453 g/mol. The number of ether oxygens (including phenoxy) is 1. The molecule has 170 valence electrons. The number of anilines is 1. The lowest BCUT2D eigenvalue weighted by molar-refractivity contribution is -0.133. The molecule has 4 amide bonds. The molecule has 1 aliphatic heterocycles. The Morgan fingerprint density at radius 3 is 2.50 bits per heavy atom. The summed E-state index contributed by atoms with van der Waals surface area (Å²) in [6.45, 7) is 1.27. The Bertz CT molecular complexity index is 1460. The van der Waals surface area contributed by atoms with Gasteiger partial charge in [0.25, 0.3) is 5.91 Å². The van der Waals surface area contributed by atoms with E-state index in [0.717, 1.165) is 32.2 Å². The molecule has 0 aliphatic carbocycles. The first-order chi connectivity index (χ1) is 16.4. The molecule has 0 spiro atoms. The molecule has 1 fully saturated rings. The Morgan fingerprint density at radius 1 is 0.941 bits per heavy atom. The minimum atomic E-state index is -1.27. The van der Waals surface area contributed by atoms with Gasteiger partial charge in [0.1, 0.15) is 17.8 Å². The van der Waals surface area contributed by atoms with E-state index in [1.165, 1.54) is 0 Å². The molecule has 1 saturated heterocycles. The lowest BCUT2D eigenvalue weighted by Crippen LogP contribution is -2.42. The molecule has 0 aromatic heterocycles. The third kappa shape index (κ3) is 3.61. The first-order valence-electron chi connectivity index (χ1n) is 10.9. The van der Waals surface area contributed by atoms with E-state index in [2.05, 4.69) is 10.6 Å². The number of fused-ring (bicyclic) bond motifs is 2. The third-order valence-electron chi connectivity index (χ3n) is 6.27. The molecule has 7 heteroatoms. The number of nitrogens with zero attached hydrogens (tertiary/aromatic N) is 1. The summed E-state index contributed by atoms with van der Waals surface area (Å²) in [5, 5.41) is 9.33. The fourth-order valence-electron chi connectivity index (χ4n) is 4.37. The number of amides is 4. The van der Waals surface area contributed by atoms with Crippen molar-refractivity contribution in [2.75, 3.05) is 19.0 Å². The molecule has 1 heterocycles. The second-order valence-electron chi connectivity index (χ2n) is 8.45. The van der Waals surface area contributed by atoms with Crippen molar-refractivity contribution in [1.29, 1.82) is 0 Å². The van der Waals surface area contributed by atoms with Gasteiger partial charge in [-0.2, -0.15) is 0 Å². The first-order valence-corrected chi connectivity index (χ1v) is 10.9. The topological polar surface area (TPSA) is 87.7 Å². The molecule has 0 unspecified atom stereocenters. The Kier molecular flexibility index (Phi) is 5.17. The van der Waals surface area contributed by atoms with Crippen molar-refractivity contribution < 1.29 is 19.1 Å². The van der Waals surface area contributed by atoms with Crippen molar-refractivity contribution in [2.24, 2.45) is 0 Å². The number of hydrogen-bond donors (Lipinski definition) is 2. The van der Waals surface area contributed by atoms with Crippen molar-refractivity contribution in [2.45, 2.75) is 12.5 Å². The Morgan fingerprint density at radius 2 is 1.68 bits per heavy atom. The Balaban J connectivity index is 1.37. The fourth-order valence-corrected chi connectivity index (χ4v) is 4.37. The number of methoxy groups -OCH3 is 1. The van der Waals surface area contributed by atoms with Crippen LogP contribution in [0.2, 0.25) is 0 Å². The van der Waals surface area contributed by atoms with E-state index in [4.69, 9.17) is 4.74 Å². The lowest BCUT2D eigenvalue weighted by Gasteiger charge is -2.22. The number of rotatable bonds is 5. The molecular weight excluding hydrogens is 430 g/mol. The second kappa shape index (κ2) is 8.19. The predicted octanol–water partition coefficient (Wildman–Crippen LogP) is 4.41. The third-order valence-corrected chi connectivity index (χ3v) is 6.27. The number of carbonyl (C=O) groups is 3. The van der Waals surface area contributed by atoms with Crippen molar-refractivity contribution >= 4 is 45.1 Å².